The molecule has 26 heavy (non-hydrogen) atoms. The Balaban J connectivity index is 2.04. The van der Waals surface area contributed by atoms with Crippen LogP contribution in [0.5, 0.6) is 5.75 Å². The van der Waals surface area contributed by atoms with Crippen LogP contribution in [0, 0.1) is 0 Å². The lowest BCUT2D eigenvalue weighted by Crippen LogP contribution is -2.12. The average Bonchev–Trinajstić information content (AvgIpc) is 3.04. The quantitative estimate of drug-likeness (QED) is 0.581. The van der Waals surface area contributed by atoms with Crippen LogP contribution in [-0.4, -0.2) is 24.0 Å². The third-order valence-corrected chi connectivity index (χ3v) is 4.35. The van der Waals surface area contributed by atoms with Crippen molar-refractivity contribution in [3.63, 3.8) is 0 Å². The van der Waals surface area contributed by atoms with Gasteiger partial charge in [0.25, 0.3) is 0 Å². The van der Waals surface area contributed by atoms with E-state index in [1.807, 2.05) is 42.6 Å². The maximum atomic E-state index is 12.6. The molecule has 0 saturated heterocycles. The summed E-state index contributed by atoms with van der Waals surface area (Å²) >= 11 is 1.48. The van der Waals surface area contributed by atoms with Crippen molar-refractivity contribution >= 4 is 17.6 Å². The third-order valence-electron chi connectivity index (χ3n) is 3.50. The third kappa shape index (κ3) is 4.23. The molecule has 3 aromatic rings. The molecule has 0 fully saturated rings. The molecule has 7 heteroatoms. The van der Waals surface area contributed by atoms with Crippen molar-refractivity contribution in [1.82, 2.24) is 4.68 Å². The first-order valence-electron chi connectivity index (χ1n) is 8.03. The smallest absolute Gasteiger partial charge is 0.387 e. The predicted octanol–water partition coefficient (Wildman–Crippen LogP) is 4.62. The molecule has 0 atom stereocenters. The van der Waals surface area contributed by atoms with Gasteiger partial charge in [-0.25, -0.2) is 4.68 Å². The van der Waals surface area contributed by atoms with E-state index in [4.69, 9.17) is 0 Å². The van der Waals surface area contributed by atoms with E-state index >= 15 is 0 Å². The van der Waals surface area contributed by atoms with E-state index in [1.165, 1.54) is 23.6 Å². The summed E-state index contributed by atoms with van der Waals surface area (Å²) in [6, 6.07) is 16.3. The Kier molecular flexibility index (Phi) is 5.91. The van der Waals surface area contributed by atoms with E-state index in [1.54, 1.807) is 22.9 Å². The van der Waals surface area contributed by atoms with Gasteiger partial charge in [0.05, 0.1) is 11.9 Å². The standard InChI is InChI=1S/C19H17F2N3OS/c1-2-22-19-24(16(13-26-19)14-8-4-3-5-9-14)23-12-15-10-6-7-11-17(15)25-18(20)21/h3-13,18H,2H2,1H3/b22-19?,23-12-. The Morgan fingerprint density at radius 1 is 1.12 bits per heavy atom. The van der Waals surface area contributed by atoms with Crippen LogP contribution in [0.4, 0.5) is 8.78 Å². The first-order chi connectivity index (χ1) is 12.7. The minimum Gasteiger partial charge on any atom is -0.434 e. The van der Waals surface area contributed by atoms with E-state index in [-0.39, 0.29) is 5.75 Å². The van der Waals surface area contributed by atoms with Gasteiger partial charge in [0.2, 0.25) is 4.80 Å². The van der Waals surface area contributed by atoms with E-state index in [0.29, 0.717) is 12.1 Å². The number of ether oxygens (including phenoxy) is 1. The van der Waals surface area contributed by atoms with Gasteiger partial charge < -0.3 is 4.74 Å². The number of alkyl halides is 2. The van der Waals surface area contributed by atoms with Gasteiger partial charge in [-0.15, -0.1) is 11.3 Å². The van der Waals surface area contributed by atoms with Crippen LogP contribution in [0.25, 0.3) is 11.3 Å². The molecule has 3 rings (SSSR count). The summed E-state index contributed by atoms with van der Waals surface area (Å²) in [6.07, 6.45) is 1.51. The van der Waals surface area contributed by atoms with E-state index in [9.17, 15) is 8.78 Å². The van der Waals surface area contributed by atoms with Gasteiger partial charge in [0.1, 0.15) is 5.75 Å². The fourth-order valence-corrected chi connectivity index (χ4v) is 3.27. The number of para-hydroxylation sites is 1. The Hall–Kier alpha value is -2.80. The zero-order valence-electron chi connectivity index (χ0n) is 14.0. The molecule has 134 valence electrons. The molecular weight excluding hydrogens is 356 g/mol. The van der Waals surface area contributed by atoms with Crippen LogP contribution in [-0.2, 0) is 0 Å². The van der Waals surface area contributed by atoms with E-state index < -0.39 is 6.61 Å². The van der Waals surface area contributed by atoms with Crippen molar-refractivity contribution in [2.45, 2.75) is 13.5 Å². The molecule has 0 spiro atoms. The molecule has 0 aliphatic heterocycles. The van der Waals surface area contributed by atoms with E-state index in [0.717, 1.165) is 16.1 Å². The second-order valence-electron chi connectivity index (χ2n) is 5.22. The molecule has 0 unspecified atom stereocenters. The van der Waals surface area contributed by atoms with Gasteiger partial charge in [-0.2, -0.15) is 13.9 Å². The monoisotopic (exact) mass is 373 g/mol. The highest BCUT2D eigenvalue weighted by molar-refractivity contribution is 7.07. The highest BCUT2D eigenvalue weighted by atomic mass is 32.1. The molecule has 0 aliphatic carbocycles. The number of halogens is 2. The Morgan fingerprint density at radius 3 is 2.58 bits per heavy atom. The van der Waals surface area contributed by atoms with Crippen molar-refractivity contribution in [2.75, 3.05) is 6.54 Å². The van der Waals surface area contributed by atoms with Gasteiger partial charge in [-0.3, -0.25) is 4.99 Å². The number of benzene rings is 2. The minimum atomic E-state index is -2.89. The largest absolute Gasteiger partial charge is 0.434 e. The van der Waals surface area contributed by atoms with Crippen molar-refractivity contribution < 1.29 is 13.5 Å². The van der Waals surface area contributed by atoms with Crippen LogP contribution in [0.15, 0.2) is 70.1 Å². The lowest BCUT2D eigenvalue weighted by Gasteiger charge is -2.07. The highest BCUT2D eigenvalue weighted by Gasteiger charge is 2.09. The normalized spacial score (nSPS) is 12.2. The lowest BCUT2D eigenvalue weighted by molar-refractivity contribution is -0.0499. The number of hydrogen-bond donors (Lipinski definition) is 0. The van der Waals surface area contributed by atoms with Crippen LogP contribution >= 0.6 is 11.3 Å². The SMILES string of the molecule is CCN=c1scc(-c2ccccc2)n1/N=C\c1ccccc1OC(F)F. The van der Waals surface area contributed by atoms with Crippen molar-refractivity contribution in [1.29, 1.82) is 0 Å². The Morgan fingerprint density at radius 2 is 1.85 bits per heavy atom. The van der Waals surface area contributed by atoms with Crippen molar-refractivity contribution in [2.24, 2.45) is 10.1 Å². The summed E-state index contributed by atoms with van der Waals surface area (Å²) in [5.41, 5.74) is 2.34. The predicted molar refractivity (Wildman–Crippen MR) is 99.9 cm³/mol. The van der Waals surface area contributed by atoms with E-state index in [2.05, 4.69) is 14.8 Å². The number of rotatable bonds is 6. The summed E-state index contributed by atoms with van der Waals surface area (Å²) in [4.78, 5) is 5.18. The molecule has 0 saturated carbocycles. The average molecular weight is 373 g/mol. The second kappa shape index (κ2) is 8.53. The topological polar surface area (TPSA) is 38.9 Å². The molecular formula is C19H17F2N3OS. The van der Waals surface area contributed by atoms with Crippen molar-refractivity contribution in [3.05, 3.63) is 70.3 Å². The first-order valence-corrected chi connectivity index (χ1v) is 8.91. The zero-order valence-corrected chi connectivity index (χ0v) is 14.9. The lowest BCUT2D eigenvalue weighted by atomic mass is 10.2. The fraction of sp³-hybridized carbons (Fsp3) is 0.158. The molecule has 0 amide bonds. The fourth-order valence-electron chi connectivity index (χ4n) is 2.37. The zero-order chi connectivity index (χ0) is 18.4. The Bertz CT molecular complexity index is 949. The van der Waals surface area contributed by atoms with Gasteiger partial charge >= 0.3 is 6.61 Å². The van der Waals surface area contributed by atoms with Gasteiger partial charge in [-0.1, -0.05) is 42.5 Å². The van der Waals surface area contributed by atoms with Crippen LogP contribution in [0.2, 0.25) is 0 Å². The van der Waals surface area contributed by atoms with Crippen LogP contribution < -0.4 is 9.54 Å². The summed E-state index contributed by atoms with van der Waals surface area (Å²) in [6.45, 7) is -0.319. The second-order valence-corrected chi connectivity index (χ2v) is 6.05. The highest BCUT2D eigenvalue weighted by Crippen LogP contribution is 2.21. The summed E-state index contributed by atoms with van der Waals surface area (Å²) in [7, 11) is 0. The Labute approximate surface area is 153 Å². The summed E-state index contributed by atoms with van der Waals surface area (Å²) in [5, 5.41) is 6.46. The number of thiazole rings is 1. The summed E-state index contributed by atoms with van der Waals surface area (Å²) in [5.74, 6) is 0.0809. The maximum absolute atomic E-state index is 12.6. The molecule has 0 radical (unpaired) electrons. The maximum Gasteiger partial charge on any atom is 0.387 e. The molecule has 0 N–H and O–H groups in total. The number of nitrogens with zero attached hydrogens (tertiary/aromatic N) is 3. The number of aromatic nitrogens is 1. The van der Waals surface area contributed by atoms with Gasteiger partial charge in [0, 0.05) is 23.1 Å². The molecule has 4 nitrogen and oxygen atoms in total. The van der Waals surface area contributed by atoms with Crippen molar-refractivity contribution in [3.8, 4) is 17.0 Å². The summed E-state index contributed by atoms with van der Waals surface area (Å²) < 4.78 is 31.4. The molecule has 0 bridgehead atoms. The number of hydrogen-bond acceptors (Lipinski definition) is 4. The van der Waals surface area contributed by atoms with Gasteiger partial charge in [-0.05, 0) is 19.1 Å². The molecule has 2 aromatic carbocycles. The molecule has 0 aliphatic rings. The molecule has 1 aromatic heterocycles. The molecule has 1 heterocycles. The van der Waals surface area contributed by atoms with Gasteiger partial charge in [0.15, 0.2) is 0 Å². The van der Waals surface area contributed by atoms with Crippen LogP contribution in [0.3, 0.4) is 0 Å². The minimum absolute atomic E-state index is 0.0809. The first kappa shape index (κ1) is 18.0. The van der Waals surface area contributed by atoms with Crippen LogP contribution in [0.1, 0.15) is 12.5 Å².